The average Bonchev–Trinajstić information content (AvgIpc) is 3.46. The van der Waals surface area contributed by atoms with Gasteiger partial charge in [0.05, 0.1) is 5.69 Å². The van der Waals surface area contributed by atoms with Crippen molar-refractivity contribution in [2.24, 2.45) is 11.8 Å². The summed E-state index contributed by atoms with van der Waals surface area (Å²) in [5.41, 5.74) is 3.51. The fourth-order valence-electron chi connectivity index (χ4n) is 5.57. The van der Waals surface area contributed by atoms with Gasteiger partial charge in [-0.2, -0.15) is 0 Å². The highest BCUT2D eigenvalue weighted by atomic mass is 16.6. The molecule has 0 spiro atoms. The number of carbonyl (C=O) groups excluding carboxylic acids is 2. The molecule has 1 unspecified atom stereocenters. The second-order valence-corrected chi connectivity index (χ2v) is 9.91. The number of fused-ring (bicyclic) bond motifs is 1. The van der Waals surface area contributed by atoms with E-state index >= 15 is 0 Å². The summed E-state index contributed by atoms with van der Waals surface area (Å²) in [5.74, 6) is 1.13. The van der Waals surface area contributed by atoms with Gasteiger partial charge in [0, 0.05) is 44.4 Å². The molecule has 0 aromatic heterocycles. The van der Waals surface area contributed by atoms with Crippen molar-refractivity contribution in [3.63, 3.8) is 0 Å². The maximum atomic E-state index is 12.7. The van der Waals surface area contributed by atoms with Gasteiger partial charge in [0.25, 0.3) is 5.91 Å². The second kappa shape index (κ2) is 11.0. The molecule has 5 rings (SSSR count). The number of para-hydroxylation sites is 1. The molecule has 186 valence electrons. The van der Waals surface area contributed by atoms with Gasteiger partial charge in [-0.05, 0) is 48.4 Å². The summed E-state index contributed by atoms with van der Waals surface area (Å²) in [6.45, 7) is 3.56. The van der Waals surface area contributed by atoms with Gasteiger partial charge in [0.15, 0.2) is 0 Å². The first-order valence-corrected chi connectivity index (χ1v) is 12.7. The zero-order chi connectivity index (χ0) is 24.9. The minimum Gasteiger partial charge on any atom is -0.446 e. The number of ether oxygens (including phenoxy) is 1. The number of carbonyl (C=O) groups is 2. The molecule has 1 N–H and O–H groups in total. The van der Waals surface area contributed by atoms with Crippen LogP contribution < -0.4 is 5.32 Å². The zero-order valence-corrected chi connectivity index (χ0v) is 20.7. The van der Waals surface area contributed by atoms with Crippen molar-refractivity contribution >= 4 is 17.7 Å². The number of nitrogens with zero attached hydrogens (tertiary/aromatic N) is 2. The van der Waals surface area contributed by atoms with E-state index in [-0.39, 0.29) is 18.1 Å². The summed E-state index contributed by atoms with van der Waals surface area (Å²) in [4.78, 5) is 29.5. The van der Waals surface area contributed by atoms with Crippen LogP contribution in [0.5, 0.6) is 0 Å². The number of likely N-dealkylation sites (tertiary alicyclic amines) is 1. The van der Waals surface area contributed by atoms with Gasteiger partial charge in [-0.25, -0.2) is 4.79 Å². The van der Waals surface area contributed by atoms with E-state index in [1.54, 1.807) is 4.90 Å². The fraction of sp³-hybridized carbons (Fsp3) is 0.333. The van der Waals surface area contributed by atoms with E-state index in [0.717, 1.165) is 54.9 Å². The minimum atomic E-state index is -0.388. The predicted molar refractivity (Wildman–Crippen MR) is 142 cm³/mol. The number of nitrogens with one attached hydrogen (secondary N) is 1. The number of amides is 2. The molecule has 2 aliphatic rings. The van der Waals surface area contributed by atoms with Crippen LogP contribution in [0.4, 0.5) is 10.5 Å². The maximum absolute atomic E-state index is 12.7. The zero-order valence-electron chi connectivity index (χ0n) is 20.7. The molecule has 0 bridgehead atoms. The summed E-state index contributed by atoms with van der Waals surface area (Å²) >= 11 is 0. The van der Waals surface area contributed by atoms with Gasteiger partial charge in [-0.1, -0.05) is 66.7 Å². The molecule has 6 heteroatoms. The number of hydrogen-bond acceptors (Lipinski definition) is 4. The van der Waals surface area contributed by atoms with Crippen molar-refractivity contribution in [1.29, 1.82) is 0 Å². The Hall–Kier alpha value is -3.64. The van der Waals surface area contributed by atoms with Gasteiger partial charge >= 0.3 is 6.09 Å². The topological polar surface area (TPSA) is 61.9 Å². The summed E-state index contributed by atoms with van der Waals surface area (Å²) in [6, 6.07) is 27.2. The van der Waals surface area contributed by atoms with Crippen molar-refractivity contribution < 1.29 is 14.3 Å². The molecule has 3 aromatic rings. The molecule has 0 radical (unpaired) electrons. The maximum Gasteiger partial charge on any atom is 0.411 e. The Labute approximate surface area is 212 Å². The molecule has 3 atom stereocenters. The monoisotopic (exact) mass is 483 g/mol. The summed E-state index contributed by atoms with van der Waals surface area (Å²) < 4.78 is 5.83. The van der Waals surface area contributed by atoms with Crippen molar-refractivity contribution in [3.05, 3.63) is 90.5 Å². The molecule has 1 aliphatic carbocycles. The largest absolute Gasteiger partial charge is 0.446 e. The second-order valence-electron chi connectivity index (χ2n) is 9.91. The van der Waals surface area contributed by atoms with Crippen molar-refractivity contribution in [3.8, 4) is 11.1 Å². The lowest BCUT2D eigenvalue weighted by molar-refractivity contribution is 0.0778. The third kappa shape index (κ3) is 5.60. The molecule has 1 saturated carbocycles. The molecular formula is C30H33N3O3. The minimum absolute atomic E-state index is 0.0478. The normalized spacial score (nSPS) is 21.1. The quantitative estimate of drug-likeness (QED) is 0.490. The average molecular weight is 484 g/mol. The standard InChI is InChI=1S/C30H33N3O3/c1-32(29(34)23-12-6-3-7-13-23)16-17-33-20-24-18-26(19-25(24)21-33)36-30(35)31-28-15-9-8-14-27(28)22-10-4-2-5-11-22/h2-15,24-26H,16-21H2,1H3,(H,31,35)/t24-,25+,26?. The van der Waals surface area contributed by atoms with Gasteiger partial charge in [0.2, 0.25) is 0 Å². The third-order valence-corrected chi connectivity index (χ3v) is 7.42. The van der Waals surface area contributed by atoms with Gasteiger partial charge < -0.3 is 14.5 Å². The number of hydrogen-bond donors (Lipinski definition) is 1. The Kier molecular flexibility index (Phi) is 7.33. The van der Waals surface area contributed by atoms with Crippen molar-refractivity contribution in [2.45, 2.75) is 18.9 Å². The molecule has 3 aromatic carbocycles. The number of benzene rings is 3. The first-order chi connectivity index (χ1) is 17.6. The van der Waals surface area contributed by atoms with Gasteiger partial charge in [-0.3, -0.25) is 10.1 Å². The Morgan fingerprint density at radius 3 is 2.19 bits per heavy atom. The number of likely N-dealkylation sites (N-methyl/N-ethyl adjacent to an activating group) is 1. The molecule has 2 amide bonds. The van der Waals surface area contributed by atoms with Crippen LogP contribution in [0.15, 0.2) is 84.9 Å². The van der Waals surface area contributed by atoms with Crippen molar-refractivity contribution in [2.75, 3.05) is 38.5 Å². The van der Waals surface area contributed by atoms with Crippen LogP contribution in [0.1, 0.15) is 23.2 Å². The van der Waals surface area contributed by atoms with Crippen LogP contribution in [-0.4, -0.2) is 61.1 Å². The van der Waals surface area contributed by atoms with Crippen LogP contribution >= 0.6 is 0 Å². The molecule has 2 fully saturated rings. The lowest BCUT2D eigenvalue weighted by Crippen LogP contribution is -2.36. The Morgan fingerprint density at radius 1 is 0.889 bits per heavy atom. The fourth-order valence-corrected chi connectivity index (χ4v) is 5.57. The van der Waals surface area contributed by atoms with Gasteiger partial charge in [0.1, 0.15) is 6.10 Å². The summed E-state index contributed by atoms with van der Waals surface area (Å²) in [5, 5.41) is 2.96. The Bertz CT molecular complexity index is 1170. The SMILES string of the molecule is CN(CCN1C[C@H]2CC(OC(=O)Nc3ccccc3-c3ccccc3)C[C@H]2C1)C(=O)c1ccccc1. The number of anilines is 1. The third-order valence-electron chi connectivity index (χ3n) is 7.42. The Balaban J connectivity index is 1.08. The molecule has 1 aliphatic heterocycles. The highest BCUT2D eigenvalue weighted by Crippen LogP contribution is 2.39. The Morgan fingerprint density at radius 2 is 1.50 bits per heavy atom. The van der Waals surface area contributed by atoms with Gasteiger partial charge in [-0.15, -0.1) is 0 Å². The van der Waals surface area contributed by atoms with E-state index < -0.39 is 0 Å². The highest BCUT2D eigenvalue weighted by Gasteiger charge is 2.42. The van der Waals surface area contributed by atoms with E-state index in [4.69, 9.17) is 4.74 Å². The van der Waals surface area contributed by atoms with Crippen LogP contribution in [0.2, 0.25) is 0 Å². The predicted octanol–water partition coefficient (Wildman–Crippen LogP) is 5.38. The molecule has 1 heterocycles. The first-order valence-electron chi connectivity index (χ1n) is 12.7. The molecular weight excluding hydrogens is 450 g/mol. The van der Waals surface area contributed by atoms with Crippen LogP contribution in [-0.2, 0) is 4.74 Å². The smallest absolute Gasteiger partial charge is 0.411 e. The van der Waals surface area contributed by atoms with Crippen LogP contribution in [0.3, 0.4) is 0 Å². The molecule has 1 saturated heterocycles. The first kappa shape index (κ1) is 24.1. The summed E-state index contributed by atoms with van der Waals surface area (Å²) in [7, 11) is 1.87. The lowest BCUT2D eigenvalue weighted by Gasteiger charge is -2.23. The van der Waals surface area contributed by atoms with E-state index in [1.165, 1.54) is 0 Å². The molecule has 36 heavy (non-hydrogen) atoms. The van der Waals surface area contributed by atoms with E-state index in [2.05, 4.69) is 10.2 Å². The van der Waals surface area contributed by atoms with E-state index in [0.29, 0.717) is 18.4 Å². The van der Waals surface area contributed by atoms with Crippen LogP contribution in [0.25, 0.3) is 11.1 Å². The highest BCUT2D eigenvalue weighted by molar-refractivity contribution is 5.94. The summed E-state index contributed by atoms with van der Waals surface area (Å²) in [6.07, 6.45) is 1.36. The van der Waals surface area contributed by atoms with E-state index in [9.17, 15) is 9.59 Å². The molecule has 6 nitrogen and oxygen atoms in total. The van der Waals surface area contributed by atoms with E-state index in [1.807, 2.05) is 92.0 Å². The van der Waals surface area contributed by atoms with Crippen molar-refractivity contribution in [1.82, 2.24) is 9.80 Å². The lowest BCUT2D eigenvalue weighted by atomic mass is 10.0. The van der Waals surface area contributed by atoms with Crippen LogP contribution in [0, 0.1) is 11.8 Å². The number of rotatable bonds is 7.